The number of aromatic nitrogens is 2. The number of Topliss-reactive ketones (excluding diaryl/α,β-unsaturated/α-hetero) is 1. The number of imidazole rings is 1. The van der Waals surface area contributed by atoms with Crippen LogP contribution >= 0.6 is 17.0 Å². The fraction of sp³-hybridized carbons (Fsp3) is 0.364. The van der Waals surface area contributed by atoms with E-state index in [0.29, 0.717) is 6.54 Å². The first-order valence-electron chi connectivity index (χ1n) is 9.37. The monoisotopic (exact) mass is 431 g/mol. The molecule has 3 aromatic rings. The van der Waals surface area contributed by atoms with Crippen LogP contribution in [0.3, 0.4) is 0 Å². The third-order valence-corrected chi connectivity index (χ3v) is 4.79. The molecule has 0 atom stereocenters. The van der Waals surface area contributed by atoms with Crippen LogP contribution in [-0.4, -0.2) is 17.0 Å². The summed E-state index contributed by atoms with van der Waals surface area (Å²) in [7, 11) is 2.06. The summed E-state index contributed by atoms with van der Waals surface area (Å²) in [5.41, 5.74) is 2.96. The number of halogens is 1. The second kappa shape index (κ2) is 9.70. The minimum absolute atomic E-state index is 0. The number of carbonyl (C=O) groups is 1. The van der Waals surface area contributed by atoms with Gasteiger partial charge in [0, 0.05) is 12.0 Å². The van der Waals surface area contributed by atoms with E-state index in [4.69, 9.17) is 4.74 Å². The summed E-state index contributed by atoms with van der Waals surface area (Å²) >= 11 is 0. The molecule has 0 aliphatic heterocycles. The Morgan fingerprint density at radius 3 is 2.44 bits per heavy atom. The predicted octanol–water partition coefficient (Wildman–Crippen LogP) is 4.67. The predicted molar refractivity (Wildman–Crippen MR) is 114 cm³/mol. The van der Waals surface area contributed by atoms with Crippen molar-refractivity contribution in [3.05, 3.63) is 59.9 Å². The first kappa shape index (κ1) is 21.2. The summed E-state index contributed by atoms with van der Waals surface area (Å²) in [6, 6.07) is 15.7. The van der Waals surface area contributed by atoms with E-state index < -0.39 is 0 Å². The van der Waals surface area contributed by atoms with Crippen LogP contribution in [0.5, 0.6) is 5.75 Å². The van der Waals surface area contributed by atoms with Gasteiger partial charge in [0.15, 0.2) is 17.6 Å². The van der Waals surface area contributed by atoms with E-state index in [-0.39, 0.29) is 22.8 Å². The van der Waals surface area contributed by atoms with Gasteiger partial charge in [-0.15, -0.1) is 17.0 Å². The lowest BCUT2D eigenvalue weighted by molar-refractivity contribution is -0.653. The van der Waals surface area contributed by atoms with Gasteiger partial charge >= 0.3 is 0 Å². The van der Waals surface area contributed by atoms with E-state index in [1.54, 1.807) is 0 Å². The van der Waals surface area contributed by atoms with Crippen molar-refractivity contribution in [3.63, 3.8) is 0 Å². The Hall–Kier alpha value is -2.14. The van der Waals surface area contributed by atoms with Gasteiger partial charge in [-0.05, 0) is 42.8 Å². The van der Waals surface area contributed by atoms with Crippen molar-refractivity contribution in [2.75, 3.05) is 6.61 Å². The number of hydrogen-bond donors (Lipinski definition) is 0. The molecule has 27 heavy (non-hydrogen) atoms. The summed E-state index contributed by atoms with van der Waals surface area (Å²) < 4.78 is 9.98. The van der Waals surface area contributed by atoms with Crippen LogP contribution < -0.4 is 9.30 Å². The Bertz CT molecular complexity index is 901. The van der Waals surface area contributed by atoms with Crippen LogP contribution in [0.4, 0.5) is 0 Å². The van der Waals surface area contributed by atoms with Gasteiger partial charge in [0.05, 0.1) is 13.7 Å². The molecule has 3 rings (SSSR count). The molecule has 0 saturated heterocycles. The molecule has 0 saturated carbocycles. The van der Waals surface area contributed by atoms with Crippen molar-refractivity contribution in [1.82, 2.24) is 4.57 Å². The lowest BCUT2D eigenvalue weighted by atomic mass is 10.1. The molecular formula is C22H28BrN2O2+. The molecule has 0 N–H and O–H groups in total. The van der Waals surface area contributed by atoms with Crippen molar-refractivity contribution in [3.8, 4) is 5.75 Å². The first-order chi connectivity index (χ1) is 12.7. The molecular weight excluding hydrogens is 404 g/mol. The van der Waals surface area contributed by atoms with Crippen LogP contribution in [-0.2, 0) is 20.0 Å². The van der Waals surface area contributed by atoms with Crippen LogP contribution in [0.25, 0.3) is 11.0 Å². The number of rotatable bonds is 8. The molecule has 144 valence electrons. The number of hydrogen-bond acceptors (Lipinski definition) is 2. The number of fused-ring (bicyclic) bond motifs is 1. The second-order valence-electron chi connectivity index (χ2n) is 6.55. The van der Waals surface area contributed by atoms with Gasteiger partial charge in [0.2, 0.25) is 5.78 Å². The van der Waals surface area contributed by atoms with Crippen molar-refractivity contribution < 1.29 is 14.1 Å². The number of nitrogens with zero attached hydrogens (tertiary/aromatic N) is 2. The molecule has 2 aromatic carbocycles. The Balaban J connectivity index is 0.00000261. The third-order valence-electron chi connectivity index (χ3n) is 4.79. The lowest BCUT2D eigenvalue weighted by Crippen LogP contribution is -2.33. The highest BCUT2D eigenvalue weighted by Crippen LogP contribution is 2.17. The maximum atomic E-state index is 12.8. The SMILES string of the molecule is Br.CCCCOc1ccc(C(=O)Cn2c(CC)[n+](C)c3ccccc32)cc1. The molecule has 0 aliphatic carbocycles. The number of ether oxygens (including phenoxy) is 1. The van der Waals surface area contributed by atoms with Crippen LogP contribution in [0.2, 0.25) is 0 Å². The number of aryl methyl sites for hydroxylation is 1. The maximum Gasteiger partial charge on any atom is 0.257 e. The molecule has 1 heterocycles. The number of unbranched alkanes of at least 4 members (excludes halogenated alkanes) is 1. The van der Waals surface area contributed by atoms with Crippen LogP contribution in [0, 0.1) is 0 Å². The molecule has 5 heteroatoms. The van der Waals surface area contributed by atoms with Crippen molar-refractivity contribution in [2.24, 2.45) is 7.05 Å². The van der Waals surface area contributed by atoms with E-state index in [9.17, 15) is 4.79 Å². The van der Waals surface area contributed by atoms with Gasteiger partial charge in [-0.25, -0.2) is 9.13 Å². The Labute approximate surface area is 171 Å². The average molecular weight is 432 g/mol. The van der Waals surface area contributed by atoms with Crippen molar-refractivity contribution >= 4 is 33.8 Å². The Morgan fingerprint density at radius 2 is 1.78 bits per heavy atom. The summed E-state index contributed by atoms with van der Waals surface area (Å²) in [6.07, 6.45) is 3.03. The van der Waals surface area contributed by atoms with E-state index in [0.717, 1.165) is 54.0 Å². The molecule has 1 aromatic heterocycles. The first-order valence-corrected chi connectivity index (χ1v) is 9.37. The van der Waals surface area contributed by atoms with Gasteiger partial charge in [-0.3, -0.25) is 4.79 Å². The summed E-state index contributed by atoms with van der Waals surface area (Å²) in [6.45, 7) is 5.33. The Kier molecular flexibility index (Phi) is 7.60. The number of para-hydroxylation sites is 2. The minimum atomic E-state index is 0. The zero-order valence-corrected chi connectivity index (χ0v) is 18.0. The quantitative estimate of drug-likeness (QED) is 0.295. The van der Waals surface area contributed by atoms with Gasteiger partial charge in [-0.1, -0.05) is 32.4 Å². The molecule has 0 aliphatic rings. The Morgan fingerprint density at radius 1 is 1.07 bits per heavy atom. The zero-order valence-electron chi connectivity index (χ0n) is 16.3. The summed E-state index contributed by atoms with van der Waals surface area (Å²) in [4.78, 5) is 12.8. The fourth-order valence-corrected chi connectivity index (χ4v) is 3.35. The highest BCUT2D eigenvalue weighted by Gasteiger charge is 2.23. The smallest absolute Gasteiger partial charge is 0.257 e. The minimum Gasteiger partial charge on any atom is -0.494 e. The number of carbonyl (C=O) groups excluding carboxylic acids is 1. The molecule has 0 unspecified atom stereocenters. The molecule has 0 spiro atoms. The van der Waals surface area contributed by atoms with E-state index >= 15 is 0 Å². The third kappa shape index (κ3) is 4.59. The number of benzene rings is 2. The van der Waals surface area contributed by atoms with Gasteiger partial charge in [-0.2, -0.15) is 0 Å². The van der Waals surface area contributed by atoms with E-state index in [1.165, 1.54) is 0 Å². The average Bonchev–Trinajstić information content (AvgIpc) is 2.94. The van der Waals surface area contributed by atoms with E-state index in [2.05, 4.69) is 42.2 Å². The molecule has 0 fully saturated rings. The molecule has 0 amide bonds. The molecule has 4 nitrogen and oxygen atoms in total. The standard InChI is InChI=1S/C22H27N2O2.BrH/c1-4-6-15-26-18-13-11-17(12-14-18)21(25)16-24-20-10-8-7-9-19(20)23(3)22(24)5-2;/h7-14H,4-6,15-16H2,1-3H3;1H/q+1;. The fourth-order valence-electron chi connectivity index (χ4n) is 3.35. The second-order valence-corrected chi connectivity index (χ2v) is 6.55. The highest BCUT2D eigenvalue weighted by molar-refractivity contribution is 8.93. The number of ketones is 1. The van der Waals surface area contributed by atoms with Crippen molar-refractivity contribution in [2.45, 2.75) is 39.7 Å². The van der Waals surface area contributed by atoms with Gasteiger partial charge in [0.1, 0.15) is 5.75 Å². The van der Waals surface area contributed by atoms with E-state index in [1.807, 2.05) is 36.4 Å². The van der Waals surface area contributed by atoms with Gasteiger partial charge in [0.25, 0.3) is 5.82 Å². The van der Waals surface area contributed by atoms with Crippen molar-refractivity contribution in [1.29, 1.82) is 0 Å². The summed E-state index contributed by atoms with van der Waals surface area (Å²) in [5, 5.41) is 0. The zero-order chi connectivity index (χ0) is 18.5. The highest BCUT2D eigenvalue weighted by atomic mass is 79.9. The van der Waals surface area contributed by atoms with Gasteiger partial charge < -0.3 is 4.74 Å². The normalized spacial score (nSPS) is 10.6. The topological polar surface area (TPSA) is 35.1 Å². The maximum absolute atomic E-state index is 12.8. The van der Waals surface area contributed by atoms with Crippen LogP contribution in [0.1, 0.15) is 42.9 Å². The molecule has 0 bridgehead atoms. The summed E-state index contributed by atoms with van der Waals surface area (Å²) in [5.74, 6) is 2.09. The lowest BCUT2D eigenvalue weighted by Gasteiger charge is -2.06. The largest absolute Gasteiger partial charge is 0.494 e. The molecule has 0 radical (unpaired) electrons. The van der Waals surface area contributed by atoms with Crippen LogP contribution in [0.15, 0.2) is 48.5 Å².